The van der Waals surface area contributed by atoms with Gasteiger partial charge in [-0.2, -0.15) is 0 Å². The quantitative estimate of drug-likeness (QED) is 0.502. The number of nitrogens with one attached hydrogen (secondary N) is 1. The third kappa shape index (κ3) is 4.44. The number of carbonyl (C=O) groups excluding carboxylic acids is 1. The Kier molecular flexibility index (Phi) is 6.32. The van der Waals surface area contributed by atoms with Gasteiger partial charge in [0.15, 0.2) is 0 Å². The highest BCUT2D eigenvalue weighted by Gasteiger charge is 2.20. The molecule has 0 aromatic rings. The minimum atomic E-state index is -0.0962. The fourth-order valence-electron chi connectivity index (χ4n) is 1.68. The molecule has 1 aliphatic heterocycles. The van der Waals surface area contributed by atoms with Gasteiger partial charge in [0.2, 0.25) is 5.91 Å². The smallest absolute Gasteiger partial charge is 0.225 e. The molecule has 6 heteroatoms. The summed E-state index contributed by atoms with van der Waals surface area (Å²) in [4.78, 5) is 13.2. The van der Waals surface area contributed by atoms with E-state index in [1.807, 2.05) is 0 Å². The van der Waals surface area contributed by atoms with Crippen LogP contribution in [0.3, 0.4) is 0 Å². The first-order chi connectivity index (χ1) is 7.77. The van der Waals surface area contributed by atoms with Crippen LogP contribution in [0.25, 0.3) is 0 Å². The third-order valence-corrected chi connectivity index (χ3v) is 2.50. The Labute approximate surface area is 95.2 Å². The molecule has 0 saturated carbocycles. The van der Waals surface area contributed by atoms with Gasteiger partial charge in [-0.15, -0.1) is 0 Å². The summed E-state index contributed by atoms with van der Waals surface area (Å²) in [5.41, 5.74) is 0. The lowest BCUT2D eigenvalue weighted by Crippen LogP contribution is -2.43. The van der Waals surface area contributed by atoms with E-state index in [-0.39, 0.29) is 38.3 Å². The molecule has 94 valence electrons. The molecule has 6 nitrogen and oxygen atoms in total. The topological polar surface area (TPSA) is 82.0 Å². The summed E-state index contributed by atoms with van der Waals surface area (Å²) in [6.45, 7) is 2.47. The summed E-state index contributed by atoms with van der Waals surface area (Å²) in [6, 6.07) is 0. The molecule has 3 N–H and O–H groups in total. The van der Waals surface area contributed by atoms with Crippen molar-refractivity contribution in [2.24, 2.45) is 0 Å². The maximum atomic E-state index is 11.8. The predicted octanol–water partition coefficient (Wildman–Crippen LogP) is -1.82. The maximum Gasteiger partial charge on any atom is 0.225 e. The Balaban J connectivity index is 2.34. The second-order valence-corrected chi connectivity index (χ2v) is 3.73. The predicted molar refractivity (Wildman–Crippen MR) is 58.0 cm³/mol. The van der Waals surface area contributed by atoms with Crippen molar-refractivity contribution in [3.8, 4) is 0 Å². The molecule has 1 fully saturated rings. The van der Waals surface area contributed by atoms with E-state index in [0.29, 0.717) is 19.6 Å². The molecule has 16 heavy (non-hydrogen) atoms. The largest absolute Gasteiger partial charge is 0.395 e. The van der Waals surface area contributed by atoms with Gasteiger partial charge in [-0.3, -0.25) is 4.79 Å². The summed E-state index contributed by atoms with van der Waals surface area (Å²) < 4.78 is 5.42. The molecule has 1 unspecified atom stereocenters. The van der Waals surface area contributed by atoms with Crippen LogP contribution in [-0.4, -0.2) is 73.1 Å². The lowest BCUT2D eigenvalue weighted by atomic mass is 10.2. The van der Waals surface area contributed by atoms with Gasteiger partial charge in [0, 0.05) is 26.2 Å². The maximum absolute atomic E-state index is 11.8. The number of rotatable bonds is 6. The first kappa shape index (κ1) is 13.4. The number of hydrogen-bond donors (Lipinski definition) is 3. The molecule has 0 bridgehead atoms. The molecule has 1 aliphatic rings. The number of carbonyl (C=O) groups is 1. The SMILES string of the molecule is O=C(CC1CNCCO1)N(CCO)CCO. The van der Waals surface area contributed by atoms with Gasteiger partial charge < -0.3 is 25.2 Å². The first-order valence-electron chi connectivity index (χ1n) is 5.59. The average molecular weight is 232 g/mol. The Morgan fingerprint density at radius 2 is 2.06 bits per heavy atom. The van der Waals surface area contributed by atoms with Crippen molar-refractivity contribution in [3.05, 3.63) is 0 Å². The molecule has 0 radical (unpaired) electrons. The number of hydrogen-bond acceptors (Lipinski definition) is 5. The van der Waals surface area contributed by atoms with Gasteiger partial charge in [0.25, 0.3) is 0 Å². The summed E-state index contributed by atoms with van der Waals surface area (Å²) >= 11 is 0. The van der Waals surface area contributed by atoms with Crippen LogP contribution in [0.1, 0.15) is 6.42 Å². The number of aliphatic hydroxyl groups is 2. The highest BCUT2D eigenvalue weighted by atomic mass is 16.5. The molecule has 0 aliphatic carbocycles. The van der Waals surface area contributed by atoms with Crippen LogP contribution in [0, 0.1) is 0 Å². The molecule has 1 atom stereocenters. The van der Waals surface area contributed by atoms with E-state index in [2.05, 4.69) is 5.32 Å². The van der Waals surface area contributed by atoms with Gasteiger partial charge in [-0.25, -0.2) is 0 Å². The zero-order chi connectivity index (χ0) is 11.8. The Morgan fingerprint density at radius 3 is 2.56 bits per heavy atom. The van der Waals surface area contributed by atoms with Gasteiger partial charge >= 0.3 is 0 Å². The number of ether oxygens (including phenoxy) is 1. The minimum Gasteiger partial charge on any atom is -0.395 e. The molecule has 1 rings (SSSR count). The molecule has 1 heterocycles. The monoisotopic (exact) mass is 232 g/mol. The van der Waals surface area contributed by atoms with Gasteiger partial charge in [0.1, 0.15) is 0 Å². The fraction of sp³-hybridized carbons (Fsp3) is 0.900. The zero-order valence-corrected chi connectivity index (χ0v) is 9.39. The molecule has 1 amide bonds. The van der Waals surface area contributed by atoms with Crippen LogP contribution in [0.15, 0.2) is 0 Å². The average Bonchev–Trinajstić information content (AvgIpc) is 2.30. The van der Waals surface area contributed by atoms with Crippen molar-refractivity contribution in [2.45, 2.75) is 12.5 Å². The van der Waals surface area contributed by atoms with Gasteiger partial charge in [0.05, 0.1) is 32.3 Å². The zero-order valence-electron chi connectivity index (χ0n) is 9.39. The summed E-state index contributed by atoms with van der Waals surface area (Å²) in [6.07, 6.45) is 0.202. The minimum absolute atomic E-state index is 0.0863. The highest BCUT2D eigenvalue weighted by molar-refractivity contribution is 5.76. The molecular formula is C10H20N2O4. The van der Waals surface area contributed by atoms with Crippen LogP contribution in [0.5, 0.6) is 0 Å². The van der Waals surface area contributed by atoms with E-state index < -0.39 is 0 Å². The molecule has 1 saturated heterocycles. The fourth-order valence-corrected chi connectivity index (χ4v) is 1.68. The van der Waals surface area contributed by atoms with Crippen molar-refractivity contribution in [1.29, 1.82) is 0 Å². The number of morpholine rings is 1. The van der Waals surface area contributed by atoms with Crippen molar-refractivity contribution in [1.82, 2.24) is 10.2 Å². The van der Waals surface area contributed by atoms with Crippen molar-refractivity contribution in [3.63, 3.8) is 0 Å². The van der Waals surface area contributed by atoms with Crippen LogP contribution >= 0.6 is 0 Å². The van der Waals surface area contributed by atoms with Crippen molar-refractivity contribution < 1.29 is 19.7 Å². The lowest BCUT2D eigenvalue weighted by Gasteiger charge is -2.26. The Hall–Kier alpha value is -0.690. The second kappa shape index (κ2) is 7.56. The van der Waals surface area contributed by atoms with E-state index >= 15 is 0 Å². The molecule has 0 aromatic carbocycles. The van der Waals surface area contributed by atoms with Crippen molar-refractivity contribution in [2.75, 3.05) is 46.0 Å². The number of aliphatic hydroxyl groups excluding tert-OH is 2. The Morgan fingerprint density at radius 1 is 1.38 bits per heavy atom. The van der Waals surface area contributed by atoms with Gasteiger partial charge in [-0.1, -0.05) is 0 Å². The molecule has 0 aromatic heterocycles. The summed E-state index contributed by atoms with van der Waals surface area (Å²) in [5, 5.41) is 20.7. The second-order valence-electron chi connectivity index (χ2n) is 3.73. The van der Waals surface area contributed by atoms with Crippen LogP contribution < -0.4 is 5.32 Å². The summed E-state index contributed by atoms with van der Waals surface area (Å²) in [7, 11) is 0. The first-order valence-corrected chi connectivity index (χ1v) is 5.59. The number of amides is 1. The van der Waals surface area contributed by atoms with Crippen LogP contribution in [0.2, 0.25) is 0 Å². The number of nitrogens with zero attached hydrogens (tertiary/aromatic N) is 1. The van der Waals surface area contributed by atoms with E-state index in [1.165, 1.54) is 4.90 Å². The van der Waals surface area contributed by atoms with E-state index in [4.69, 9.17) is 14.9 Å². The van der Waals surface area contributed by atoms with E-state index in [0.717, 1.165) is 6.54 Å². The van der Waals surface area contributed by atoms with Crippen molar-refractivity contribution >= 4 is 5.91 Å². The molecule has 0 spiro atoms. The third-order valence-electron chi connectivity index (χ3n) is 2.50. The van der Waals surface area contributed by atoms with Gasteiger partial charge in [-0.05, 0) is 0 Å². The Bertz CT molecular complexity index is 201. The van der Waals surface area contributed by atoms with E-state index in [9.17, 15) is 4.79 Å². The normalized spacial score (nSPS) is 20.8. The van der Waals surface area contributed by atoms with E-state index in [1.54, 1.807) is 0 Å². The summed E-state index contributed by atoms with van der Waals surface area (Å²) in [5.74, 6) is -0.0863. The standard InChI is InChI=1S/C10H20N2O4/c13-4-2-12(3-5-14)10(15)7-9-8-11-1-6-16-9/h9,11,13-14H,1-8H2. The highest BCUT2D eigenvalue weighted by Crippen LogP contribution is 2.04. The van der Waals surface area contributed by atoms with Crippen LogP contribution in [0.4, 0.5) is 0 Å². The van der Waals surface area contributed by atoms with Crippen LogP contribution in [-0.2, 0) is 9.53 Å². The molecular weight excluding hydrogens is 212 g/mol. The lowest BCUT2D eigenvalue weighted by molar-refractivity contribution is -0.135.